The Morgan fingerprint density at radius 1 is 1.40 bits per heavy atom. The molecule has 0 fully saturated rings. The molecule has 0 spiro atoms. The molecule has 1 aliphatic rings. The van der Waals surface area contributed by atoms with Gasteiger partial charge in [-0.3, -0.25) is 4.79 Å². The molecule has 1 aliphatic heterocycles. The van der Waals surface area contributed by atoms with Crippen LogP contribution in [0.3, 0.4) is 0 Å². The van der Waals surface area contributed by atoms with Gasteiger partial charge in [0, 0.05) is 50.0 Å². The molecule has 0 aromatic carbocycles. The average molecular weight is 339 g/mol. The monoisotopic (exact) mass is 339 g/mol. The SMILES string of the molecule is CCC1c2cccn2CCN1C(=O)c1cc2ncc(CCO)cn2n1. The van der Waals surface area contributed by atoms with E-state index >= 15 is 0 Å². The van der Waals surface area contributed by atoms with E-state index in [1.165, 1.54) is 5.69 Å². The van der Waals surface area contributed by atoms with Crippen LogP contribution in [-0.4, -0.2) is 48.2 Å². The quantitative estimate of drug-likeness (QED) is 0.784. The Labute approximate surface area is 145 Å². The van der Waals surface area contributed by atoms with Crippen molar-refractivity contribution < 1.29 is 9.90 Å². The van der Waals surface area contributed by atoms with E-state index < -0.39 is 0 Å². The lowest BCUT2D eigenvalue weighted by Crippen LogP contribution is -2.41. The minimum atomic E-state index is -0.0616. The van der Waals surface area contributed by atoms with Gasteiger partial charge in [-0.05, 0) is 30.5 Å². The molecular weight excluding hydrogens is 318 g/mol. The molecule has 7 nitrogen and oxygen atoms in total. The summed E-state index contributed by atoms with van der Waals surface area (Å²) in [6.07, 6.45) is 6.98. The van der Waals surface area contributed by atoms with Crippen LogP contribution in [0.2, 0.25) is 0 Å². The van der Waals surface area contributed by atoms with Crippen LogP contribution < -0.4 is 0 Å². The lowest BCUT2D eigenvalue weighted by atomic mass is 10.1. The molecule has 7 heteroatoms. The molecule has 0 radical (unpaired) electrons. The lowest BCUT2D eigenvalue weighted by molar-refractivity contribution is 0.0611. The van der Waals surface area contributed by atoms with Gasteiger partial charge >= 0.3 is 0 Å². The van der Waals surface area contributed by atoms with E-state index in [0.717, 1.165) is 18.5 Å². The number of fused-ring (bicyclic) bond motifs is 2. The van der Waals surface area contributed by atoms with Crippen molar-refractivity contribution in [3.8, 4) is 0 Å². The molecule has 3 aromatic heterocycles. The topological polar surface area (TPSA) is 75.7 Å². The zero-order chi connectivity index (χ0) is 17.4. The summed E-state index contributed by atoms with van der Waals surface area (Å²) in [5.74, 6) is -0.0616. The Morgan fingerprint density at radius 2 is 2.28 bits per heavy atom. The summed E-state index contributed by atoms with van der Waals surface area (Å²) in [5.41, 5.74) is 3.11. The van der Waals surface area contributed by atoms with Gasteiger partial charge in [-0.2, -0.15) is 5.10 Å². The van der Waals surface area contributed by atoms with Crippen LogP contribution in [0.25, 0.3) is 5.65 Å². The minimum Gasteiger partial charge on any atom is -0.396 e. The van der Waals surface area contributed by atoms with Crippen LogP contribution >= 0.6 is 0 Å². The molecule has 0 bridgehead atoms. The number of hydrogen-bond donors (Lipinski definition) is 1. The van der Waals surface area contributed by atoms with Gasteiger partial charge in [0.25, 0.3) is 5.91 Å². The molecule has 1 unspecified atom stereocenters. The Balaban J connectivity index is 1.65. The highest BCUT2D eigenvalue weighted by Crippen LogP contribution is 2.29. The second-order valence-electron chi connectivity index (χ2n) is 6.32. The first-order chi connectivity index (χ1) is 12.2. The zero-order valence-corrected chi connectivity index (χ0v) is 14.2. The average Bonchev–Trinajstić information content (AvgIpc) is 3.26. The first-order valence-corrected chi connectivity index (χ1v) is 8.62. The Bertz CT molecular complexity index is 913. The van der Waals surface area contributed by atoms with Gasteiger partial charge in [-0.25, -0.2) is 9.50 Å². The number of nitrogens with zero attached hydrogens (tertiary/aromatic N) is 5. The van der Waals surface area contributed by atoms with Crippen molar-refractivity contribution in [3.63, 3.8) is 0 Å². The molecule has 4 rings (SSSR count). The number of carbonyl (C=O) groups is 1. The fourth-order valence-corrected chi connectivity index (χ4v) is 3.56. The molecule has 0 saturated carbocycles. The molecule has 4 heterocycles. The Kier molecular flexibility index (Phi) is 4.01. The van der Waals surface area contributed by atoms with E-state index in [1.807, 2.05) is 17.2 Å². The molecule has 1 amide bonds. The highest BCUT2D eigenvalue weighted by atomic mass is 16.3. The summed E-state index contributed by atoms with van der Waals surface area (Å²) in [6.45, 7) is 3.64. The number of carbonyl (C=O) groups excluding carboxylic acids is 1. The highest BCUT2D eigenvalue weighted by Gasteiger charge is 2.31. The van der Waals surface area contributed by atoms with Crippen LogP contribution in [0, 0.1) is 0 Å². The number of hydrogen-bond acceptors (Lipinski definition) is 4. The maximum Gasteiger partial charge on any atom is 0.275 e. The predicted octanol–water partition coefficient (Wildman–Crippen LogP) is 1.67. The van der Waals surface area contributed by atoms with E-state index in [-0.39, 0.29) is 18.6 Å². The molecule has 25 heavy (non-hydrogen) atoms. The van der Waals surface area contributed by atoms with Gasteiger partial charge in [0.05, 0.1) is 6.04 Å². The number of aliphatic hydroxyl groups is 1. The summed E-state index contributed by atoms with van der Waals surface area (Å²) in [5, 5.41) is 13.5. The van der Waals surface area contributed by atoms with Crippen molar-refractivity contribution in [1.82, 2.24) is 24.1 Å². The van der Waals surface area contributed by atoms with Gasteiger partial charge in [0.15, 0.2) is 11.3 Å². The fourth-order valence-electron chi connectivity index (χ4n) is 3.56. The van der Waals surface area contributed by atoms with Gasteiger partial charge < -0.3 is 14.6 Å². The molecule has 0 aliphatic carbocycles. The van der Waals surface area contributed by atoms with Crippen molar-refractivity contribution in [3.05, 3.63) is 53.7 Å². The smallest absolute Gasteiger partial charge is 0.275 e. The largest absolute Gasteiger partial charge is 0.396 e. The molecule has 130 valence electrons. The van der Waals surface area contributed by atoms with Crippen molar-refractivity contribution >= 4 is 11.6 Å². The summed E-state index contributed by atoms with van der Waals surface area (Å²) in [4.78, 5) is 19.3. The third kappa shape index (κ3) is 2.70. The second kappa shape index (κ2) is 6.33. The first kappa shape index (κ1) is 15.8. The normalized spacial score (nSPS) is 17.0. The van der Waals surface area contributed by atoms with E-state index in [1.54, 1.807) is 16.8 Å². The number of amides is 1. The standard InChI is InChI=1S/C18H21N5O2/c1-2-15-16-4-3-6-21(16)7-8-22(15)18(25)14-10-17-19-11-13(5-9-24)12-23(17)20-14/h3-4,6,10-12,15,24H,2,5,7-9H2,1H3. The van der Waals surface area contributed by atoms with Crippen molar-refractivity contribution in [1.29, 1.82) is 0 Å². The predicted molar refractivity (Wildman–Crippen MR) is 92.3 cm³/mol. The van der Waals surface area contributed by atoms with Crippen molar-refractivity contribution in [2.45, 2.75) is 32.4 Å². The summed E-state index contributed by atoms with van der Waals surface area (Å²) < 4.78 is 3.83. The van der Waals surface area contributed by atoms with E-state index in [2.05, 4.69) is 33.8 Å². The molecule has 3 aromatic rings. The van der Waals surface area contributed by atoms with Gasteiger partial charge in [-0.15, -0.1) is 0 Å². The van der Waals surface area contributed by atoms with E-state index in [4.69, 9.17) is 5.11 Å². The third-order valence-corrected chi connectivity index (χ3v) is 4.80. The zero-order valence-electron chi connectivity index (χ0n) is 14.2. The first-order valence-electron chi connectivity index (χ1n) is 8.62. The van der Waals surface area contributed by atoms with Crippen molar-refractivity contribution in [2.24, 2.45) is 0 Å². The molecule has 1 N–H and O–H groups in total. The highest BCUT2D eigenvalue weighted by molar-refractivity contribution is 5.93. The Hall–Kier alpha value is -2.67. The summed E-state index contributed by atoms with van der Waals surface area (Å²) >= 11 is 0. The maximum absolute atomic E-state index is 13.1. The molecule has 1 atom stereocenters. The number of aliphatic hydroxyl groups excluding tert-OH is 1. The summed E-state index contributed by atoms with van der Waals surface area (Å²) in [7, 11) is 0. The second-order valence-corrected chi connectivity index (χ2v) is 6.32. The van der Waals surface area contributed by atoms with E-state index in [0.29, 0.717) is 24.3 Å². The van der Waals surface area contributed by atoms with Crippen LogP contribution in [0.4, 0.5) is 0 Å². The van der Waals surface area contributed by atoms with Crippen LogP contribution in [-0.2, 0) is 13.0 Å². The maximum atomic E-state index is 13.1. The van der Waals surface area contributed by atoms with Crippen LogP contribution in [0.1, 0.15) is 41.1 Å². The minimum absolute atomic E-state index is 0.0614. The van der Waals surface area contributed by atoms with Gasteiger partial charge in [0.2, 0.25) is 0 Å². The molecular formula is C18H21N5O2. The van der Waals surface area contributed by atoms with Crippen LogP contribution in [0.5, 0.6) is 0 Å². The molecule has 0 saturated heterocycles. The lowest BCUT2D eigenvalue weighted by Gasteiger charge is -2.36. The fraction of sp³-hybridized carbons (Fsp3) is 0.389. The summed E-state index contributed by atoms with van der Waals surface area (Å²) in [6, 6.07) is 5.91. The number of aromatic nitrogens is 4. The van der Waals surface area contributed by atoms with Gasteiger partial charge in [-0.1, -0.05) is 6.92 Å². The number of rotatable bonds is 4. The van der Waals surface area contributed by atoms with Crippen molar-refractivity contribution in [2.75, 3.05) is 13.2 Å². The van der Waals surface area contributed by atoms with Crippen LogP contribution in [0.15, 0.2) is 36.8 Å². The Morgan fingerprint density at radius 3 is 3.08 bits per heavy atom. The van der Waals surface area contributed by atoms with Gasteiger partial charge in [0.1, 0.15) is 0 Å². The van der Waals surface area contributed by atoms with E-state index in [9.17, 15) is 4.79 Å². The third-order valence-electron chi connectivity index (χ3n) is 4.80.